The largest absolute Gasteiger partial charge is 0.493 e. The van der Waals surface area contributed by atoms with Crippen LogP contribution in [-0.2, 0) is 6.18 Å². The SMILES string of the molecule is OCC(COc1ccc(C(F)(F)F)cc1)C1CCCCC1. The van der Waals surface area contributed by atoms with Crippen LogP contribution in [0.4, 0.5) is 13.2 Å². The van der Waals surface area contributed by atoms with Gasteiger partial charge < -0.3 is 9.84 Å². The molecule has 1 saturated carbocycles. The Morgan fingerprint density at radius 2 is 1.71 bits per heavy atom. The van der Waals surface area contributed by atoms with Crippen molar-refractivity contribution in [1.82, 2.24) is 0 Å². The third-order valence-electron chi connectivity index (χ3n) is 4.20. The lowest BCUT2D eigenvalue weighted by molar-refractivity contribution is -0.137. The summed E-state index contributed by atoms with van der Waals surface area (Å²) in [6.07, 6.45) is 1.48. The summed E-state index contributed by atoms with van der Waals surface area (Å²) >= 11 is 0. The lowest BCUT2D eigenvalue weighted by Crippen LogP contribution is -2.27. The normalized spacial score (nSPS) is 18.5. The van der Waals surface area contributed by atoms with E-state index < -0.39 is 11.7 Å². The second kappa shape index (κ2) is 7.16. The minimum absolute atomic E-state index is 0.0608. The Bertz CT molecular complexity index is 422. The first-order valence-corrected chi connectivity index (χ1v) is 7.41. The number of benzene rings is 1. The summed E-state index contributed by atoms with van der Waals surface area (Å²) in [6.45, 7) is 0.415. The van der Waals surface area contributed by atoms with Crippen molar-refractivity contribution in [2.24, 2.45) is 11.8 Å². The minimum atomic E-state index is -4.33. The monoisotopic (exact) mass is 302 g/mol. The molecular formula is C16H21F3O2. The number of hydrogen-bond acceptors (Lipinski definition) is 2. The van der Waals surface area contributed by atoms with Crippen molar-refractivity contribution < 1.29 is 23.0 Å². The Morgan fingerprint density at radius 1 is 1.10 bits per heavy atom. The van der Waals surface area contributed by atoms with Gasteiger partial charge in [0.05, 0.1) is 12.2 Å². The Hall–Kier alpha value is -1.23. The highest BCUT2D eigenvalue weighted by atomic mass is 19.4. The second-order valence-corrected chi connectivity index (χ2v) is 5.67. The van der Waals surface area contributed by atoms with Crippen LogP contribution in [-0.4, -0.2) is 18.3 Å². The third kappa shape index (κ3) is 4.63. The molecule has 0 spiro atoms. The predicted octanol–water partition coefficient (Wildman–Crippen LogP) is 4.27. The molecule has 0 amide bonds. The molecule has 2 nitrogen and oxygen atoms in total. The highest BCUT2D eigenvalue weighted by Crippen LogP contribution is 2.32. The molecule has 0 heterocycles. The Labute approximate surface area is 122 Å². The molecule has 0 bridgehead atoms. The molecule has 0 aromatic heterocycles. The van der Waals surface area contributed by atoms with E-state index in [4.69, 9.17) is 4.74 Å². The van der Waals surface area contributed by atoms with E-state index >= 15 is 0 Å². The molecule has 0 saturated heterocycles. The molecule has 1 atom stereocenters. The minimum Gasteiger partial charge on any atom is -0.493 e. The van der Waals surface area contributed by atoms with Crippen LogP contribution in [0.5, 0.6) is 5.75 Å². The third-order valence-corrected chi connectivity index (χ3v) is 4.20. The Kier molecular flexibility index (Phi) is 5.51. The summed E-state index contributed by atoms with van der Waals surface area (Å²) in [5.74, 6) is 0.933. The Morgan fingerprint density at radius 3 is 2.24 bits per heavy atom. The zero-order chi connectivity index (χ0) is 15.3. The molecule has 21 heavy (non-hydrogen) atoms. The van der Waals surface area contributed by atoms with Crippen molar-refractivity contribution in [2.75, 3.05) is 13.2 Å². The standard InChI is InChI=1S/C16H21F3O2/c17-16(18,19)14-6-8-15(9-7-14)21-11-13(10-20)12-4-2-1-3-5-12/h6-9,12-13,20H,1-5,10-11H2. The van der Waals surface area contributed by atoms with Crippen molar-refractivity contribution in [1.29, 1.82) is 0 Å². The van der Waals surface area contributed by atoms with Gasteiger partial charge in [0.15, 0.2) is 0 Å². The van der Waals surface area contributed by atoms with Gasteiger partial charge in [-0.2, -0.15) is 13.2 Å². The van der Waals surface area contributed by atoms with Crippen LogP contribution in [0, 0.1) is 11.8 Å². The average molecular weight is 302 g/mol. The van der Waals surface area contributed by atoms with E-state index in [1.807, 2.05) is 0 Å². The van der Waals surface area contributed by atoms with E-state index in [0.717, 1.165) is 25.0 Å². The lowest BCUT2D eigenvalue weighted by Gasteiger charge is -2.28. The van der Waals surface area contributed by atoms with Gasteiger partial charge in [-0.1, -0.05) is 19.3 Å². The van der Waals surface area contributed by atoms with Crippen molar-refractivity contribution in [3.63, 3.8) is 0 Å². The van der Waals surface area contributed by atoms with Gasteiger partial charge >= 0.3 is 6.18 Å². The summed E-state index contributed by atoms with van der Waals surface area (Å²) in [5.41, 5.74) is -0.680. The number of halogens is 3. The van der Waals surface area contributed by atoms with Crippen molar-refractivity contribution in [2.45, 2.75) is 38.3 Å². The number of aliphatic hydroxyl groups excluding tert-OH is 1. The first kappa shape index (κ1) is 16.1. The molecule has 0 radical (unpaired) electrons. The molecule has 1 N–H and O–H groups in total. The van der Waals surface area contributed by atoms with Crippen LogP contribution >= 0.6 is 0 Å². The van der Waals surface area contributed by atoms with Gasteiger partial charge in [-0.3, -0.25) is 0 Å². The summed E-state index contributed by atoms with van der Waals surface area (Å²) in [7, 11) is 0. The fourth-order valence-corrected chi connectivity index (χ4v) is 2.89. The number of rotatable bonds is 5. The summed E-state index contributed by atoms with van der Waals surface area (Å²) < 4.78 is 42.9. The molecular weight excluding hydrogens is 281 g/mol. The number of hydrogen-bond donors (Lipinski definition) is 1. The van der Waals surface area contributed by atoms with Crippen molar-refractivity contribution in [3.05, 3.63) is 29.8 Å². The maximum absolute atomic E-state index is 12.5. The molecule has 1 unspecified atom stereocenters. The van der Waals surface area contributed by atoms with E-state index in [0.29, 0.717) is 18.3 Å². The molecule has 1 aliphatic carbocycles. The number of aliphatic hydroxyl groups is 1. The van der Waals surface area contributed by atoms with Crippen LogP contribution in [0.1, 0.15) is 37.7 Å². The van der Waals surface area contributed by atoms with Gasteiger partial charge in [0.2, 0.25) is 0 Å². The highest BCUT2D eigenvalue weighted by Gasteiger charge is 2.30. The van der Waals surface area contributed by atoms with Gasteiger partial charge in [-0.05, 0) is 43.0 Å². The first-order valence-electron chi connectivity index (χ1n) is 7.41. The summed E-state index contributed by atoms with van der Waals surface area (Å²) in [5, 5.41) is 9.48. The molecule has 0 aliphatic heterocycles. The molecule has 118 valence electrons. The molecule has 2 rings (SSSR count). The fourth-order valence-electron chi connectivity index (χ4n) is 2.89. The maximum Gasteiger partial charge on any atom is 0.416 e. The van der Waals surface area contributed by atoms with E-state index in [2.05, 4.69) is 0 Å². The summed E-state index contributed by atoms with van der Waals surface area (Å²) in [6, 6.07) is 4.70. The van der Waals surface area contributed by atoms with Gasteiger partial charge in [0.25, 0.3) is 0 Å². The van der Waals surface area contributed by atoms with Gasteiger partial charge in [0, 0.05) is 12.5 Å². The smallest absolute Gasteiger partial charge is 0.416 e. The van der Waals surface area contributed by atoms with Crippen LogP contribution in [0.25, 0.3) is 0 Å². The highest BCUT2D eigenvalue weighted by molar-refractivity contribution is 5.28. The Balaban J connectivity index is 1.89. The maximum atomic E-state index is 12.5. The van der Waals surface area contributed by atoms with Crippen molar-refractivity contribution >= 4 is 0 Å². The van der Waals surface area contributed by atoms with Gasteiger partial charge in [0.1, 0.15) is 5.75 Å². The zero-order valence-electron chi connectivity index (χ0n) is 11.9. The molecule has 1 aromatic rings. The molecule has 1 fully saturated rings. The van der Waals surface area contributed by atoms with Crippen molar-refractivity contribution in [3.8, 4) is 5.75 Å². The predicted molar refractivity (Wildman–Crippen MR) is 74.1 cm³/mol. The van der Waals surface area contributed by atoms with E-state index in [9.17, 15) is 18.3 Å². The zero-order valence-corrected chi connectivity index (χ0v) is 11.9. The van der Waals surface area contributed by atoms with Gasteiger partial charge in [-0.25, -0.2) is 0 Å². The topological polar surface area (TPSA) is 29.5 Å². The second-order valence-electron chi connectivity index (χ2n) is 5.67. The van der Waals surface area contributed by atoms with E-state index in [-0.39, 0.29) is 12.5 Å². The molecule has 5 heteroatoms. The average Bonchev–Trinajstić information content (AvgIpc) is 2.48. The molecule has 1 aromatic carbocycles. The molecule has 1 aliphatic rings. The first-order chi connectivity index (χ1) is 10.0. The lowest BCUT2D eigenvalue weighted by atomic mass is 9.81. The number of ether oxygens (including phenoxy) is 1. The van der Waals surface area contributed by atoms with Crippen LogP contribution < -0.4 is 4.74 Å². The van der Waals surface area contributed by atoms with Gasteiger partial charge in [-0.15, -0.1) is 0 Å². The summed E-state index contributed by atoms with van der Waals surface area (Å²) in [4.78, 5) is 0. The van der Waals surface area contributed by atoms with Crippen LogP contribution in [0.2, 0.25) is 0 Å². The van der Waals surface area contributed by atoms with Crippen LogP contribution in [0.3, 0.4) is 0 Å². The number of alkyl halides is 3. The quantitative estimate of drug-likeness (QED) is 0.880. The van der Waals surface area contributed by atoms with E-state index in [1.165, 1.54) is 31.4 Å². The fraction of sp³-hybridized carbons (Fsp3) is 0.625. The van der Waals surface area contributed by atoms with Crippen LogP contribution in [0.15, 0.2) is 24.3 Å². The van der Waals surface area contributed by atoms with E-state index in [1.54, 1.807) is 0 Å².